The molecule has 0 aliphatic heterocycles. The van der Waals surface area contributed by atoms with E-state index in [1.165, 1.54) is 0 Å². The van der Waals surface area contributed by atoms with Crippen LogP contribution in [0.4, 0.5) is 0 Å². The summed E-state index contributed by atoms with van der Waals surface area (Å²) < 4.78 is 1.80. The van der Waals surface area contributed by atoms with Crippen molar-refractivity contribution in [3.05, 3.63) is 64.6 Å². The Bertz CT molecular complexity index is 703. The minimum absolute atomic E-state index is 0.446. The molecule has 1 aromatic carbocycles. The number of benzene rings is 1. The van der Waals surface area contributed by atoms with Gasteiger partial charge in [-0.05, 0) is 29.8 Å². The predicted molar refractivity (Wildman–Crippen MR) is 75.1 cm³/mol. The van der Waals surface area contributed by atoms with Crippen LogP contribution in [0.15, 0.2) is 42.5 Å². The van der Waals surface area contributed by atoms with Crippen molar-refractivity contribution >= 4 is 17.2 Å². The molecule has 2 aromatic heterocycles. The number of aromatic nitrogens is 3. The smallest absolute Gasteiger partial charge is 0.156 e. The summed E-state index contributed by atoms with van der Waals surface area (Å²) in [6.45, 7) is 0.446. The van der Waals surface area contributed by atoms with E-state index >= 15 is 0 Å². The molecule has 0 aliphatic rings. The van der Waals surface area contributed by atoms with E-state index < -0.39 is 0 Å². The first-order valence-corrected chi connectivity index (χ1v) is 6.42. The van der Waals surface area contributed by atoms with Gasteiger partial charge in [0.25, 0.3) is 0 Å². The Labute approximate surface area is 115 Å². The highest BCUT2D eigenvalue weighted by atomic mass is 35.5. The van der Waals surface area contributed by atoms with Crippen LogP contribution in [-0.4, -0.2) is 14.6 Å². The molecule has 0 saturated heterocycles. The first-order valence-electron chi connectivity index (χ1n) is 6.04. The Morgan fingerprint density at radius 1 is 1.11 bits per heavy atom. The van der Waals surface area contributed by atoms with Gasteiger partial charge in [-0.3, -0.25) is 0 Å². The van der Waals surface area contributed by atoms with Gasteiger partial charge in [-0.25, -0.2) is 9.50 Å². The monoisotopic (exact) mass is 272 g/mol. The number of hydrogen-bond donors (Lipinski definition) is 1. The van der Waals surface area contributed by atoms with Gasteiger partial charge in [-0.1, -0.05) is 29.8 Å². The van der Waals surface area contributed by atoms with E-state index in [1.54, 1.807) is 4.52 Å². The van der Waals surface area contributed by atoms with Crippen molar-refractivity contribution in [2.24, 2.45) is 5.73 Å². The molecule has 19 heavy (non-hydrogen) atoms. The Morgan fingerprint density at radius 2 is 1.89 bits per heavy atom. The fourth-order valence-corrected chi connectivity index (χ4v) is 2.14. The van der Waals surface area contributed by atoms with Crippen molar-refractivity contribution < 1.29 is 0 Å². The van der Waals surface area contributed by atoms with Gasteiger partial charge in [-0.15, -0.1) is 0 Å². The van der Waals surface area contributed by atoms with E-state index in [0.717, 1.165) is 27.8 Å². The average Bonchev–Trinajstić information content (AvgIpc) is 2.83. The minimum Gasteiger partial charge on any atom is -0.325 e. The predicted octanol–water partition coefficient (Wildman–Crippen LogP) is 2.43. The van der Waals surface area contributed by atoms with Gasteiger partial charge in [-0.2, -0.15) is 5.10 Å². The molecule has 2 N–H and O–H groups in total. The molecule has 0 atom stereocenters. The molecular weight excluding hydrogens is 260 g/mol. The molecule has 0 aliphatic carbocycles. The van der Waals surface area contributed by atoms with Gasteiger partial charge < -0.3 is 5.73 Å². The second-order valence-electron chi connectivity index (χ2n) is 4.32. The van der Waals surface area contributed by atoms with E-state index in [1.807, 2.05) is 42.5 Å². The van der Waals surface area contributed by atoms with Gasteiger partial charge in [0.1, 0.15) is 0 Å². The van der Waals surface area contributed by atoms with Crippen LogP contribution in [0.25, 0.3) is 5.65 Å². The fraction of sp³-hybridized carbons (Fsp3) is 0.143. The molecule has 0 radical (unpaired) electrons. The summed E-state index contributed by atoms with van der Waals surface area (Å²) in [7, 11) is 0. The molecule has 0 amide bonds. The standard InChI is InChI=1S/C14H13ClN4/c15-11-6-4-10(5-7-11)8-13-17-14-3-1-2-12(9-16)19(14)18-13/h1-7H,8-9,16H2. The molecule has 0 spiro atoms. The summed E-state index contributed by atoms with van der Waals surface area (Å²) in [6.07, 6.45) is 0.683. The van der Waals surface area contributed by atoms with Crippen molar-refractivity contribution in [3.8, 4) is 0 Å². The molecule has 5 heteroatoms. The highest BCUT2D eigenvalue weighted by molar-refractivity contribution is 6.30. The highest BCUT2D eigenvalue weighted by Gasteiger charge is 2.07. The largest absolute Gasteiger partial charge is 0.325 e. The fourth-order valence-electron chi connectivity index (χ4n) is 2.02. The molecule has 0 unspecified atom stereocenters. The Hall–Kier alpha value is -1.91. The summed E-state index contributed by atoms with van der Waals surface area (Å²) in [6, 6.07) is 13.5. The van der Waals surface area contributed by atoms with Gasteiger partial charge in [0.05, 0.1) is 5.69 Å². The minimum atomic E-state index is 0.446. The van der Waals surface area contributed by atoms with Crippen LogP contribution < -0.4 is 5.73 Å². The molecular formula is C14H13ClN4. The maximum atomic E-state index is 5.87. The average molecular weight is 273 g/mol. The second-order valence-corrected chi connectivity index (χ2v) is 4.76. The van der Waals surface area contributed by atoms with Crippen LogP contribution in [0, 0.1) is 0 Å². The summed E-state index contributed by atoms with van der Waals surface area (Å²) in [5.41, 5.74) is 8.60. The maximum Gasteiger partial charge on any atom is 0.156 e. The normalized spacial score (nSPS) is 11.1. The number of hydrogen-bond acceptors (Lipinski definition) is 3. The molecule has 0 fully saturated rings. The van der Waals surface area contributed by atoms with Crippen LogP contribution in [0.2, 0.25) is 5.02 Å². The van der Waals surface area contributed by atoms with Crippen LogP contribution in [0.3, 0.4) is 0 Å². The lowest BCUT2D eigenvalue weighted by Gasteiger charge is -1.98. The topological polar surface area (TPSA) is 56.2 Å². The molecule has 0 saturated carbocycles. The number of nitrogens with two attached hydrogens (primary N) is 1. The zero-order chi connectivity index (χ0) is 13.2. The number of rotatable bonds is 3. The van der Waals surface area contributed by atoms with E-state index in [0.29, 0.717) is 13.0 Å². The second kappa shape index (κ2) is 4.99. The first-order chi connectivity index (χ1) is 9.26. The molecule has 3 aromatic rings. The van der Waals surface area contributed by atoms with Gasteiger partial charge in [0.15, 0.2) is 11.5 Å². The van der Waals surface area contributed by atoms with E-state index in [2.05, 4.69) is 10.1 Å². The molecule has 96 valence electrons. The van der Waals surface area contributed by atoms with Crippen molar-refractivity contribution in [2.75, 3.05) is 0 Å². The third-order valence-electron chi connectivity index (χ3n) is 2.97. The maximum absolute atomic E-state index is 5.87. The van der Waals surface area contributed by atoms with E-state index in [4.69, 9.17) is 17.3 Å². The number of halogens is 1. The third-order valence-corrected chi connectivity index (χ3v) is 3.22. The lowest BCUT2D eigenvalue weighted by atomic mass is 10.1. The van der Waals surface area contributed by atoms with Crippen LogP contribution >= 0.6 is 11.6 Å². The lowest BCUT2D eigenvalue weighted by Crippen LogP contribution is -2.04. The van der Waals surface area contributed by atoms with Gasteiger partial charge >= 0.3 is 0 Å². The summed E-state index contributed by atoms with van der Waals surface area (Å²) in [4.78, 5) is 4.50. The summed E-state index contributed by atoms with van der Waals surface area (Å²) >= 11 is 5.87. The van der Waals surface area contributed by atoms with Crippen LogP contribution in [0.1, 0.15) is 17.1 Å². The zero-order valence-electron chi connectivity index (χ0n) is 10.3. The summed E-state index contributed by atoms with van der Waals surface area (Å²) in [5, 5.41) is 5.23. The highest BCUT2D eigenvalue weighted by Crippen LogP contribution is 2.13. The quantitative estimate of drug-likeness (QED) is 0.797. The Kier molecular flexibility index (Phi) is 3.19. The SMILES string of the molecule is NCc1cccc2nc(Cc3ccc(Cl)cc3)nn12. The Morgan fingerprint density at radius 3 is 2.63 bits per heavy atom. The van der Waals surface area contributed by atoms with E-state index in [-0.39, 0.29) is 0 Å². The van der Waals surface area contributed by atoms with Gasteiger partial charge in [0.2, 0.25) is 0 Å². The van der Waals surface area contributed by atoms with E-state index in [9.17, 15) is 0 Å². The number of pyridine rings is 1. The van der Waals surface area contributed by atoms with Crippen LogP contribution in [-0.2, 0) is 13.0 Å². The lowest BCUT2D eigenvalue weighted by molar-refractivity contribution is 0.826. The van der Waals surface area contributed by atoms with Crippen LogP contribution in [0.5, 0.6) is 0 Å². The first kappa shape index (κ1) is 12.1. The van der Waals surface area contributed by atoms with Crippen molar-refractivity contribution in [3.63, 3.8) is 0 Å². The molecule has 4 nitrogen and oxygen atoms in total. The number of nitrogens with zero attached hydrogens (tertiary/aromatic N) is 3. The molecule has 0 bridgehead atoms. The van der Waals surface area contributed by atoms with Crippen molar-refractivity contribution in [2.45, 2.75) is 13.0 Å². The Balaban J connectivity index is 1.95. The molecule has 2 heterocycles. The summed E-state index contributed by atoms with van der Waals surface area (Å²) in [5.74, 6) is 0.781. The zero-order valence-corrected chi connectivity index (χ0v) is 11.0. The number of fused-ring (bicyclic) bond motifs is 1. The van der Waals surface area contributed by atoms with Gasteiger partial charge in [0, 0.05) is 18.0 Å². The van der Waals surface area contributed by atoms with Crippen molar-refractivity contribution in [1.29, 1.82) is 0 Å². The molecule has 3 rings (SSSR count). The van der Waals surface area contributed by atoms with Crippen molar-refractivity contribution in [1.82, 2.24) is 14.6 Å². The third kappa shape index (κ3) is 2.45.